The number of nitrogens with zero attached hydrogens (tertiary/aromatic N) is 3. The zero-order valence-corrected chi connectivity index (χ0v) is 11.6. The van der Waals surface area contributed by atoms with E-state index in [2.05, 4.69) is 0 Å². The Hall–Kier alpha value is -1.63. The van der Waals surface area contributed by atoms with Gasteiger partial charge in [0.25, 0.3) is 0 Å². The van der Waals surface area contributed by atoms with Crippen LogP contribution in [-0.4, -0.2) is 42.1 Å². The van der Waals surface area contributed by atoms with Crippen molar-refractivity contribution in [1.82, 2.24) is 4.90 Å². The standard InChI is InChI=1S/C13H20N4O2/c1-4-19-10-9-13(16,12(10,2)3)11(18)17(7-5-14)8-6-15/h10H,4,7-9,16H2,1-3H3. The number of amides is 1. The molecule has 2 unspecified atom stereocenters. The van der Waals surface area contributed by atoms with Crippen LogP contribution in [0.15, 0.2) is 0 Å². The van der Waals surface area contributed by atoms with E-state index in [-0.39, 0.29) is 25.1 Å². The summed E-state index contributed by atoms with van der Waals surface area (Å²) in [5.74, 6) is -0.350. The molecular formula is C13H20N4O2. The molecule has 6 heteroatoms. The first-order valence-corrected chi connectivity index (χ1v) is 6.29. The molecule has 0 heterocycles. The smallest absolute Gasteiger partial charge is 0.245 e. The van der Waals surface area contributed by atoms with Gasteiger partial charge in [-0.2, -0.15) is 10.5 Å². The first-order chi connectivity index (χ1) is 8.85. The lowest BCUT2D eigenvalue weighted by Gasteiger charge is -2.58. The Labute approximate surface area is 113 Å². The van der Waals surface area contributed by atoms with Crippen molar-refractivity contribution < 1.29 is 9.53 Å². The predicted molar refractivity (Wildman–Crippen MR) is 68.5 cm³/mol. The second kappa shape index (κ2) is 5.56. The molecule has 6 nitrogen and oxygen atoms in total. The molecule has 19 heavy (non-hydrogen) atoms. The van der Waals surface area contributed by atoms with Crippen LogP contribution in [0.1, 0.15) is 27.2 Å². The van der Waals surface area contributed by atoms with Gasteiger partial charge in [-0.05, 0) is 6.92 Å². The largest absolute Gasteiger partial charge is 0.378 e. The lowest BCUT2D eigenvalue weighted by molar-refractivity contribution is -0.178. The molecule has 1 saturated carbocycles. The Morgan fingerprint density at radius 1 is 1.42 bits per heavy atom. The average molecular weight is 264 g/mol. The maximum absolute atomic E-state index is 12.4. The van der Waals surface area contributed by atoms with E-state index in [0.717, 1.165) is 0 Å². The molecule has 0 radical (unpaired) electrons. The van der Waals surface area contributed by atoms with E-state index in [9.17, 15) is 4.79 Å². The Bertz CT molecular complexity index is 419. The predicted octanol–water partition coefficient (Wildman–Crippen LogP) is 0.395. The van der Waals surface area contributed by atoms with Crippen LogP contribution in [0.2, 0.25) is 0 Å². The second-order valence-electron chi connectivity index (χ2n) is 5.32. The Morgan fingerprint density at radius 3 is 2.32 bits per heavy atom. The fourth-order valence-corrected chi connectivity index (χ4v) is 2.45. The summed E-state index contributed by atoms with van der Waals surface area (Å²) in [5.41, 5.74) is 4.64. The molecule has 1 rings (SSSR count). The number of carbonyl (C=O) groups is 1. The average Bonchev–Trinajstić information content (AvgIpc) is 2.37. The molecule has 0 aromatic heterocycles. The minimum absolute atomic E-state index is 0.0718. The van der Waals surface area contributed by atoms with Crippen LogP contribution in [-0.2, 0) is 9.53 Å². The molecule has 1 fully saturated rings. The first kappa shape index (κ1) is 15.4. The van der Waals surface area contributed by atoms with Crippen LogP contribution in [0.25, 0.3) is 0 Å². The molecule has 0 spiro atoms. The minimum Gasteiger partial charge on any atom is -0.378 e. The number of carbonyl (C=O) groups excluding carboxylic acids is 1. The van der Waals surface area contributed by atoms with Crippen molar-refractivity contribution in [2.24, 2.45) is 11.1 Å². The van der Waals surface area contributed by atoms with Crippen molar-refractivity contribution in [2.75, 3.05) is 19.7 Å². The van der Waals surface area contributed by atoms with Gasteiger partial charge >= 0.3 is 0 Å². The molecule has 0 bridgehead atoms. The third-order valence-corrected chi connectivity index (χ3v) is 4.02. The third kappa shape index (κ3) is 2.42. The molecule has 0 saturated heterocycles. The quantitative estimate of drug-likeness (QED) is 0.724. The van der Waals surface area contributed by atoms with Crippen LogP contribution in [0.4, 0.5) is 0 Å². The van der Waals surface area contributed by atoms with E-state index < -0.39 is 11.0 Å². The second-order valence-corrected chi connectivity index (χ2v) is 5.32. The number of nitriles is 2. The summed E-state index contributed by atoms with van der Waals surface area (Å²) in [6, 6.07) is 3.77. The van der Waals surface area contributed by atoms with Gasteiger partial charge in [-0.25, -0.2) is 0 Å². The Kier molecular flexibility index (Phi) is 4.52. The molecule has 1 aliphatic carbocycles. The van der Waals surface area contributed by atoms with Gasteiger partial charge in [0.2, 0.25) is 5.91 Å². The minimum atomic E-state index is -1.07. The highest BCUT2D eigenvalue weighted by Crippen LogP contribution is 2.50. The van der Waals surface area contributed by atoms with E-state index in [1.54, 1.807) is 0 Å². The van der Waals surface area contributed by atoms with E-state index in [1.165, 1.54) is 4.90 Å². The van der Waals surface area contributed by atoms with E-state index in [0.29, 0.717) is 13.0 Å². The van der Waals surface area contributed by atoms with Gasteiger partial charge < -0.3 is 15.4 Å². The SMILES string of the molecule is CCOC1CC(N)(C(=O)N(CC#N)CC#N)C1(C)C. The summed E-state index contributed by atoms with van der Waals surface area (Å²) in [5, 5.41) is 17.4. The summed E-state index contributed by atoms with van der Waals surface area (Å²) in [6.07, 6.45) is 0.345. The summed E-state index contributed by atoms with van der Waals surface area (Å²) >= 11 is 0. The molecule has 2 atom stereocenters. The number of ether oxygens (including phenoxy) is 1. The summed E-state index contributed by atoms with van der Waals surface area (Å²) in [4.78, 5) is 13.6. The molecule has 1 aliphatic rings. The fourth-order valence-electron chi connectivity index (χ4n) is 2.45. The lowest BCUT2D eigenvalue weighted by atomic mass is 9.54. The van der Waals surface area contributed by atoms with E-state index in [1.807, 2.05) is 32.9 Å². The van der Waals surface area contributed by atoms with Gasteiger partial charge in [-0.3, -0.25) is 4.79 Å². The third-order valence-electron chi connectivity index (χ3n) is 4.02. The molecule has 1 amide bonds. The monoisotopic (exact) mass is 264 g/mol. The summed E-state index contributed by atoms with van der Waals surface area (Å²) < 4.78 is 5.56. The highest BCUT2D eigenvalue weighted by atomic mass is 16.5. The number of hydrogen-bond acceptors (Lipinski definition) is 5. The molecule has 104 valence electrons. The van der Waals surface area contributed by atoms with Crippen LogP contribution >= 0.6 is 0 Å². The van der Waals surface area contributed by atoms with Gasteiger partial charge in [-0.15, -0.1) is 0 Å². The van der Waals surface area contributed by atoms with E-state index >= 15 is 0 Å². The van der Waals surface area contributed by atoms with Gasteiger partial charge in [0, 0.05) is 18.4 Å². The highest BCUT2D eigenvalue weighted by Gasteiger charge is 2.63. The zero-order valence-electron chi connectivity index (χ0n) is 11.6. The topological polar surface area (TPSA) is 103 Å². The maximum atomic E-state index is 12.4. The molecule has 0 aromatic carbocycles. The van der Waals surface area contributed by atoms with Crippen molar-refractivity contribution in [2.45, 2.75) is 38.8 Å². The molecule has 0 aromatic rings. The van der Waals surface area contributed by atoms with Crippen molar-refractivity contribution in [3.05, 3.63) is 0 Å². The van der Waals surface area contributed by atoms with E-state index in [4.69, 9.17) is 21.0 Å². The Balaban J connectivity index is 2.88. The molecule has 2 N–H and O–H groups in total. The number of hydrogen-bond donors (Lipinski definition) is 1. The van der Waals surface area contributed by atoms with Crippen LogP contribution in [0.3, 0.4) is 0 Å². The summed E-state index contributed by atoms with van der Waals surface area (Å²) in [6.45, 7) is 5.98. The molecular weight excluding hydrogens is 244 g/mol. The fraction of sp³-hybridized carbons (Fsp3) is 0.769. The van der Waals surface area contributed by atoms with Crippen LogP contribution in [0.5, 0.6) is 0 Å². The molecule has 0 aliphatic heterocycles. The van der Waals surface area contributed by atoms with Crippen molar-refractivity contribution in [3.8, 4) is 12.1 Å². The van der Waals surface area contributed by atoms with Crippen LogP contribution in [0, 0.1) is 28.1 Å². The number of rotatable bonds is 5. The number of nitrogens with two attached hydrogens (primary N) is 1. The van der Waals surface area contributed by atoms with Crippen LogP contribution < -0.4 is 5.73 Å². The van der Waals surface area contributed by atoms with Gasteiger partial charge in [0.05, 0.1) is 18.2 Å². The van der Waals surface area contributed by atoms with Gasteiger partial charge in [-0.1, -0.05) is 13.8 Å². The maximum Gasteiger partial charge on any atom is 0.245 e. The van der Waals surface area contributed by atoms with Crippen molar-refractivity contribution >= 4 is 5.91 Å². The first-order valence-electron chi connectivity index (χ1n) is 6.29. The normalized spacial score (nSPS) is 27.8. The summed E-state index contributed by atoms with van der Waals surface area (Å²) in [7, 11) is 0. The Morgan fingerprint density at radius 2 is 1.95 bits per heavy atom. The van der Waals surface area contributed by atoms with Crippen molar-refractivity contribution in [1.29, 1.82) is 10.5 Å². The van der Waals surface area contributed by atoms with Gasteiger partial charge in [0.15, 0.2) is 0 Å². The van der Waals surface area contributed by atoms with Gasteiger partial charge in [0.1, 0.15) is 18.6 Å². The lowest BCUT2D eigenvalue weighted by Crippen LogP contribution is -2.76. The highest BCUT2D eigenvalue weighted by molar-refractivity contribution is 5.89. The zero-order chi connectivity index (χ0) is 14.7. The van der Waals surface area contributed by atoms with Crippen molar-refractivity contribution in [3.63, 3.8) is 0 Å².